The molecule has 1 rings (SSSR count). The molecule has 1 N–H and O–H groups in total. The highest BCUT2D eigenvalue weighted by Crippen LogP contribution is 2.35. The van der Waals surface area contributed by atoms with Gasteiger partial charge in [0.05, 0.1) is 17.3 Å². The van der Waals surface area contributed by atoms with Crippen LogP contribution in [0.15, 0.2) is 24.3 Å². The summed E-state index contributed by atoms with van der Waals surface area (Å²) in [5.41, 5.74) is -1.67. The van der Waals surface area contributed by atoms with E-state index >= 15 is 0 Å². The number of nitrogens with zero attached hydrogens (tertiary/aromatic N) is 1. The smallest absolute Gasteiger partial charge is 0.282 e. The van der Waals surface area contributed by atoms with Gasteiger partial charge >= 0.3 is 6.18 Å². The monoisotopic (exact) mass is 292 g/mol. The van der Waals surface area contributed by atoms with Crippen molar-refractivity contribution in [3.05, 3.63) is 29.8 Å². The fraction of sp³-hybridized carbons (Fsp3) is 0.364. The van der Waals surface area contributed by atoms with Crippen LogP contribution in [0, 0.1) is 11.3 Å². The van der Waals surface area contributed by atoms with Crippen LogP contribution >= 0.6 is 0 Å². The molecule has 0 saturated carbocycles. The lowest BCUT2D eigenvalue weighted by atomic mass is 10.2. The fourth-order valence-corrected chi connectivity index (χ4v) is 2.63. The molecule has 1 aromatic carbocycles. The van der Waals surface area contributed by atoms with Gasteiger partial charge in [-0.3, -0.25) is 4.72 Å². The summed E-state index contributed by atoms with van der Waals surface area (Å²) in [6.07, 6.45) is -4.69. The van der Waals surface area contributed by atoms with E-state index in [1.54, 1.807) is 0 Å². The zero-order valence-electron chi connectivity index (χ0n) is 9.90. The Bertz CT molecular complexity index is 591. The van der Waals surface area contributed by atoms with Crippen LogP contribution in [0.5, 0.6) is 0 Å². The van der Waals surface area contributed by atoms with E-state index in [0.717, 1.165) is 18.2 Å². The number of nitriles is 1. The van der Waals surface area contributed by atoms with Crippen molar-refractivity contribution >= 4 is 15.7 Å². The minimum absolute atomic E-state index is 0.0139. The Balaban J connectivity index is 3.18. The molecule has 0 saturated heterocycles. The molecule has 1 aromatic rings. The largest absolute Gasteiger partial charge is 0.418 e. The molecule has 0 radical (unpaired) electrons. The molecule has 0 aliphatic carbocycles. The summed E-state index contributed by atoms with van der Waals surface area (Å²) < 4.78 is 63.4. The van der Waals surface area contributed by atoms with Gasteiger partial charge in [0.15, 0.2) is 5.25 Å². The molecule has 0 amide bonds. The second kappa shape index (κ2) is 5.48. The molecule has 0 bridgehead atoms. The SMILES string of the molecule is CCC(C#N)S(=O)(=O)Nc1ccccc1C(F)(F)F. The van der Waals surface area contributed by atoms with Crippen LogP contribution in [-0.4, -0.2) is 13.7 Å². The molecule has 0 aliphatic heterocycles. The summed E-state index contributed by atoms with van der Waals surface area (Å²) in [6, 6.07) is 5.75. The Labute approximate surface area is 108 Å². The van der Waals surface area contributed by atoms with E-state index in [1.807, 2.05) is 4.72 Å². The van der Waals surface area contributed by atoms with Crippen LogP contribution in [0.3, 0.4) is 0 Å². The Morgan fingerprint density at radius 2 is 1.95 bits per heavy atom. The maximum atomic E-state index is 12.7. The molecule has 0 aromatic heterocycles. The molecule has 0 fully saturated rings. The number of alkyl halides is 3. The average Bonchev–Trinajstić information content (AvgIpc) is 2.28. The van der Waals surface area contributed by atoms with Crippen molar-refractivity contribution in [3.8, 4) is 6.07 Å². The summed E-state index contributed by atoms with van der Waals surface area (Å²) in [7, 11) is -4.17. The molecule has 104 valence electrons. The molecule has 8 heteroatoms. The van der Waals surface area contributed by atoms with Gasteiger partial charge in [0.1, 0.15) is 0 Å². The number of para-hydroxylation sites is 1. The molecular formula is C11H11F3N2O2S. The minimum Gasteiger partial charge on any atom is -0.282 e. The van der Waals surface area contributed by atoms with Crippen molar-refractivity contribution in [1.29, 1.82) is 5.26 Å². The summed E-state index contributed by atoms with van der Waals surface area (Å²) in [5.74, 6) is 0. The lowest BCUT2D eigenvalue weighted by Crippen LogP contribution is -2.27. The van der Waals surface area contributed by atoms with Crippen molar-refractivity contribution in [3.63, 3.8) is 0 Å². The van der Waals surface area contributed by atoms with E-state index in [1.165, 1.54) is 19.1 Å². The fourth-order valence-electron chi connectivity index (χ4n) is 1.42. The second-order valence-corrected chi connectivity index (χ2v) is 5.58. The van der Waals surface area contributed by atoms with E-state index < -0.39 is 32.7 Å². The van der Waals surface area contributed by atoms with Gasteiger partial charge in [0.25, 0.3) is 0 Å². The quantitative estimate of drug-likeness (QED) is 0.927. The van der Waals surface area contributed by atoms with Gasteiger partial charge in [0.2, 0.25) is 10.0 Å². The summed E-state index contributed by atoms with van der Waals surface area (Å²) in [5, 5.41) is 7.28. The highest BCUT2D eigenvalue weighted by atomic mass is 32.2. The first-order chi connectivity index (χ1) is 8.72. The minimum atomic E-state index is -4.67. The van der Waals surface area contributed by atoms with Crippen molar-refractivity contribution in [2.45, 2.75) is 24.8 Å². The number of hydrogen-bond donors (Lipinski definition) is 1. The maximum absolute atomic E-state index is 12.7. The number of hydrogen-bond acceptors (Lipinski definition) is 3. The molecule has 1 unspecified atom stereocenters. The second-order valence-electron chi connectivity index (χ2n) is 3.72. The lowest BCUT2D eigenvalue weighted by Gasteiger charge is -2.16. The first kappa shape index (κ1) is 15.3. The molecule has 0 heterocycles. The van der Waals surface area contributed by atoms with Crippen molar-refractivity contribution < 1.29 is 21.6 Å². The number of sulfonamides is 1. The standard InChI is InChI=1S/C11H11F3N2O2S/c1-2-8(7-15)19(17,18)16-10-6-4-3-5-9(10)11(12,13)14/h3-6,8,16H,2H2,1H3. The van der Waals surface area contributed by atoms with Gasteiger partial charge in [-0.15, -0.1) is 0 Å². The van der Waals surface area contributed by atoms with Gasteiger partial charge in [-0.25, -0.2) is 8.42 Å². The topological polar surface area (TPSA) is 70.0 Å². The van der Waals surface area contributed by atoms with E-state index in [4.69, 9.17) is 5.26 Å². The third-order valence-electron chi connectivity index (χ3n) is 2.37. The summed E-state index contributed by atoms with van der Waals surface area (Å²) in [4.78, 5) is 0. The van der Waals surface area contributed by atoms with Crippen LogP contribution < -0.4 is 4.72 Å². The third kappa shape index (κ3) is 3.61. The lowest BCUT2D eigenvalue weighted by molar-refractivity contribution is -0.136. The average molecular weight is 292 g/mol. The molecule has 0 aliphatic rings. The number of nitrogens with one attached hydrogen (secondary N) is 1. The van der Waals surface area contributed by atoms with Crippen LogP contribution in [0.1, 0.15) is 18.9 Å². The summed E-state index contributed by atoms with van der Waals surface area (Å²) in [6.45, 7) is 1.46. The molecular weight excluding hydrogens is 281 g/mol. The predicted octanol–water partition coefficient (Wildman–Crippen LogP) is 2.75. The summed E-state index contributed by atoms with van der Waals surface area (Å²) >= 11 is 0. The normalized spacial score (nSPS) is 13.6. The van der Waals surface area contributed by atoms with Crippen molar-refractivity contribution in [1.82, 2.24) is 0 Å². The van der Waals surface area contributed by atoms with E-state index in [9.17, 15) is 21.6 Å². The van der Waals surface area contributed by atoms with Crippen molar-refractivity contribution in [2.75, 3.05) is 4.72 Å². The Kier molecular flexibility index (Phi) is 4.42. The van der Waals surface area contributed by atoms with E-state index in [0.29, 0.717) is 0 Å². The van der Waals surface area contributed by atoms with Crippen LogP contribution in [-0.2, 0) is 16.2 Å². The van der Waals surface area contributed by atoms with Crippen LogP contribution in [0.4, 0.5) is 18.9 Å². The Morgan fingerprint density at radius 1 is 1.37 bits per heavy atom. The third-order valence-corrected chi connectivity index (χ3v) is 4.07. The van der Waals surface area contributed by atoms with Crippen LogP contribution in [0.25, 0.3) is 0 Å². The highest BCUT2D eigenvalue weighted by molar-refractivity contribution is 7.93. The van der Waals surface area contributed by atoms with Gasteiger partial charge in [-0.1, -0.05) is 19.1 Å². The highest BCUT2D eigenvalue weighted by Gasteiger charge is 2.35. The zero-order valence-corrected chi connectivity index (χ0v) is 10.7. The molecule has 4 nitrogen and oxygen atoms in total. The van der Waals surface area contributed by atoms with Crippen molar-refractivity contribution in [2.24, 2.45) is 0 Å². The first-order valence-electron chi connectivity index (χ1n) is 5.30. The van der Waals surface area contributed by atoms with E-state index in [2.05, 4.69) is 0 Å². The number of anilines is 1. The molecule has 1 atom stereocenters. The number of rotatable bonds is 4. The predicted molar refractivity (Wildman–Crippen MR) is 63.7 cm³/mol. The molecule has 0 spiro atoms. The maximum Gasteiger partial charge on any atom is 0.418 e. The van der Waals surface area contributed by atoms with Gasteiger partial charge in [-0.05, 0) is 18.6 Å². The first-order valence-corrected chi connectivity index (χ1v) is 6.84. The number of halogens is 3. The number of benzene rings is 1. The van der Waals surface area contributed by atoms with Gasteiger partial charge in [0, 0.05) is 0 Å². The molecule has 19 heavy (non-hydrogen) atoms. The van der Waals surface area contributed by atoms with Gasteiger partial charge < -0.3 is 0 Å². The van der Waals surface area contributed by atoms with E-state index in [-0.39, 0.29) is 6.42 Å². The Hall–Kier alpha value is -1.75. The van der Waals surface area contributed by atoms with Crippen LogP contribution in [0.2, 0.25) is 0 Å². The van der Waals surface area contributed by atoms with Gasteiger partial charge in [-0.2, -0.15) is 18.4 Å². The Morgan fingerprint density at radius 3 is 2.42 bits per heavy atom. The zero-order chi connectivity index (χ0) is 14.7.